The van der Waals surface area contributed by atoms with Crippen LogP contribution in [0, 0.1) is 0 Å². The second kappa shape index (κ2) is 3.75. The molecule has 3 rings (SSSR count). The second-order valence-electron chi connectivity index (χ2n) is 3.55. The Labute approximate surface area is 101 Å². The van der Waals surface area contributed by atoms with E-state index in [0.29, 0.717) is 17.0 Å². The zero-order valence-electron chi connectivity index (χ0n) is 8.63. The number of nitrogens with zero attached hydrogens (tertiary/aromatic N) is 2. The van der Waals surface area contributed by atoms with Gasteiger partial charge in [0.1, 0.15) is 11.3 Å². The van der Waals surface area contributed by atoms with Crippen LogP contribution in [0.1, 0.15) is 10.5 Å². The lowest BCUT2D eigenvalue weighted by Crippen LogP contribution is -2.00. The summed E-state index contributed by atoms with van der Waals surface area (Å²) < 4.78 is 6.75. The van der Waals surface area contributed by atoms with E-state index in [-0.39, 0.29) is 0 Å². The van der Waals surface area contributed by atoms with Gasteiger partial charge in [-0.15, -0.1) is 0 Å². The minimum Gasteiger partial charge on any atom is -0.464 e. The molecule has 5 heteroatoms. The topological polar surface area (TPSA) is 48.0 Å². The van der Waals surface area contributed by atoms with Gasteiger partial charge in [0.15, 0.2) is 6.29 Å². The molecule has 0 amide bonds. The van der Waals surface area contributed by atoms with E-state index in [1.54, 1.807) is 6.26 Å². The normalized spacial score (nSPS) is 10.9. The van der Waals surface area contributed by atoms with Crippen molar-refractivity contribution in [3.05, 3.63) is 47.4 Å². The van der Waals surface area contributed by atoms with Crippen LogP contribution in [0.4, 0.5) is 0 Å². The molecule has 1 aromatic carbocycles. The number of aromatic nitrogens is 2. The van der Waals surface area contributed by atoms with Crippen molar-refractivity contribution in [2.24, 2.45) is 0 Å². The summed E-state index contributed by atoms with van der Waals surface area (Å²) in [5.41, 5.74) is 1.90. The van der Waals surface area contributed by atoms with Crippen molar-refractivity contribution < 1.29 is 9.21 Å². The van der Waals surface area contributed by atoms with Crippen molar-refractivity contribution in [1.29, 1.82) is 0 Å². The summed E-state index contributed by atoms with van der Waals surface area (Å²) in [7, 11) is 0. The Bertz CT molecular complexity index is 699. The molecular formula is C12H7ClN2O2. The fourth-order valence-corrected chi connectivity index (χ4v) is 1.90. The van der Waals surface area contributed by atoms with Gasteiger partial charge in [-0.05, 0) is 24.3 Å². The zero-order chi connectivity index (χ0) is 11.8. The van der Waals surface area contributed by atoms with Gasteiger partial charge in [-0.1, -0.05) is 11.6 Å². The van der Waals surface area contributed by atoms with Gasteiger partial charge in [0.25, 0.3) is 0 Å². The molecule has 17 heavy (non-hydrogen) atoms. The van der Waals surface area contributed by atoms with E-state index < -0.39 is 0 Å². The highest BCUT2D eigenvalue weighted by molar-refractivity contribution is 6.32. The number of halogens is 1. The predicted molar refractivity (Wildman–Crippen MR) is 63.7 cm³/mol. The van der Waals surface area contributed by atoms with Crippen LogP contribution in [0.5, 0.6) is 0 Å². The van der Waals surface area contributed by atoms with Crippen LogP contribution in [0.15, 0.2) is 41.1 Å². The highest BCUT2D eigenvalue weighted by Crippen LogP contribution is 2.22. The molecule has 0 aliphatic heterocycles. The number of rotatable bonds is 2. The van der Waals surface area contributed by atoms with Gasteiger partial charge < -0.3 is 4.42 Å². The smallest absolute Gasteiger partial charge is 0.170 e. The third kappa shape index (κ3) is 1.54. The minimum absolute atomic E-state index is 0.340. The Morgan fingerprint density at radius 3 is 3.06 bits per heavy atom. The lowest BCUT2D eigenvalue weighted by atomic mass is 10.2. The van der Waals surface area contributed by atoms with Crippen LogP contribution in [0.3, 0.4) is 0 Å². The first-order chi connectivity index (χ1) is 8.29. The molecule has 0 aliphatic carbocycles. The van der Waals surface area contributed by atoms with Crippen molar-refractivity contribution in [3.8, 4) is 5.69 Å². The maximum Gasteiger partial charge on any atom is 0.170 e. The van der Waals surface area contributed by atoms with Crippen molar-refractivity contribution in [2.75, 3.05) is 0 Å². The van der Waals surface area contributed by atoms with E-state index in [0.717, 1.165) is 16.7 Å². The van der Waals surface area contributed by atoms with Crippen LogP contribution < -0.4 is 0 Å². The number of carbonyl (C=O) groups is 1. The van der Waals surface area contributed by atoms with Gasteiger partial charge >= 0.3 is 0 Å². The lowest BCUT2D eigenvalue weighted by Gasteiger charge is -2.03. The maximum absolute atomic E-state index is 10.9. The third-order valence-corrected chi connectivity index (χ3v) is 2.84. The molecule has 0 saturated heterocycles. The SMILES string of the molecule is O=Cc1c(Cl)cnn1-c1ccc2occc2c1. The standard InChI is InChI=1S/C12H7ClN2O2/c13-10-6-14-15(11(10)7-16)9-1-2-12-8(5-9)3-4-17-12/h1-7H. The summed E-state index contributed by atoms with van der Waals surface area (Å²) in [4.78, 5) is 10.9. The predicted octanol–water partition coefficient (Wildman–Crippen LogP) is 3.08. The zero-order valence-corrected chi connectivity index (χ0v) is 9.39. The first kappa shape index (κ1) is 10.1. The first-order valence-electron chi connectivity index (χ1n) is 4.96. The number of carbonyl (C=O) groups excluding carboxylic acids is 1. The fraction of sp³-hybridized carbons (Fsp3) is 0. The molecule has 0 unspecified atom stereocenters. The summed E-state index contributed by atoms with van der Waals surface area (Å²) >= 11 is 5.86. The average Bonchev–Trinajstić information content (AvgIpc) is 2.93. The maximum atomic E-state index is 10.9. The average molecular weight is 247 g/mol. The Morgan fingerprint density at radius 2 is 2.24 bits per heavy atom. The van der Waals surface area contributed by atoms with E-state index >= 15 is 0 Å². The van der Waals surface area contributed by atoms with E-state index in [2.05, 4.69) is 5.10 Å². The molecular weight excluding hydrogens is 240 g/mol. The van der Waals surface area contributed by atoms with Crippen LogP contribution in [-0.4, -0.2) is 16.1 Å². The summed E-state index contributed by atoms with van der Waals surface area (Å²) in [6.45, 7) is 0. The molecule has 0 atom stereocenters. The Morgan fingerprint density at radius 1 is 1.35 bits per heavy atom. The number of furan rings is 1. The lowest BCUT2D eigenvalue weighted by molar-refractivity contribution is 0.111. The molecule has 3 aromatic rings. The van der Waals surface area contributed by atoms with Gasteiger partial charge in [0.2, 0.25) is 0 Å². The third-order valence-electron chi connectivity index (χ3n) is 2.55. The second-order valence-corrected chi connectivity index (χ2v) is 3.96. The quantitative estimate of drug-likeness (QED) is 0.653. The van der Waals surface area contributed by atoms with Crippen molar-refractivity contribution in [1.82, 2.24) is 9.78 Å². The summed E-state index contributed by atoms with van der Waals surface area (Å²) in [5, 5.41) is 5.36. The molecule has 0 saturated carbocycles. The van der Waals surface area contributed by atoms with Crippen molar-refractivity contribution in [2.45, 2.75) is 0 Å². The van der Waals surface area contributed by atoms with E-state index in [1.807, 2.05) is 24.3 Å². The van der Waals surface area contributed by atoms with E-state index in [9.17, 15) is 4.79 Å². The summed E-state index contributed by atoms with van der Waals surface area (Å²) in [6, 6.07) is 7.39. The Balaban J connectivity index is 2.22. The molecule has 0 aliphatic rings. The van der Waals surface area contributed by atoms with Crippen LogP contribution in [-0.2, 0) is 0 Å². The Hall–Kier alpha value is -2.07. The van der Waals surface area contributed by atoms with Gasteiger partial charge in [0.05, 0.1) is 23.2 Å². The van der Waals surface area contributed by atoms with Crippen LogP contribution >= 0.6 is 11.6 Å². The number of benzene rings is 1. The molecule has 0 fully saturated rings. The molecule has 0 radical (unpaired) electrons. The molecule has 0 N–H and O–H groups in total. The summed E-state index contributed by atoms with van der Waals surface area (Å²) in [6.07, 6.45) is 3.75. The molecule has 84 valence electrons. The van der Waals surface area contributed by atoms with Gasteiger partial charge in [-0.3, -0.25) is 4.79 Å². The van der Waals surface area contributed by atoms with Crippen molar-refractivity contribution >= 4 is 28.9 Å². The number of fused-ring (bicyclic) bond motifs is 1. The fourth-order valence-electron chi connectivity index (χ4n) is 1.74. The van der Waals surface area contributed by atoms with Gasteiger partial charge in [-0.25, -0.2) is 4.68 Å². The highest BCUT2D eigenvalue weighted by Gasteiger charge is 2.10. The van der Waals surface area contributed by atoms with E-state index in [4.69, 9.17) is 16.0 Å². The van der Waals surface area contributed by atoms with Gasteiger partial charge in [0, 0.05) is 5.39 Å². The molecule has 0 spiro atoms. The first-order valence-corrected chi connectivity index (χ1v) is 5.34. The number of aldehydes is 1. The number of hydrogen-bond donors (Lipinski definition) is 0. The highest BCUT2D eigenvalue weighted by atomic mass is 35.5. The largest absolute Gasteiger partial charge is 0.464 e. The number of hydrogen-bond acceptors (Lipinski definition) is 3. The van der Waals surface area contributed by atoms with Crippen LogP contribution in [0.25, 0.3) is 16.7 Å². The molecule has 4 nitrogen and oxygen atoms in total. The molecule has 0 bridgehead atoms. The van der Waals surface area contributed by atoms with Crippen molar-refractivity contribution in [3.63, 3.8) is 0 Å². The molecule has 2 heterocycles. The van der Waals surface area contributed by atoms with E-state index in [1.165, 1.54) is 10.9 Å². The Kier molecular flexibility index (Phi) is 2.23. The van der Waals surface area contributed by atoms with Crippen LogP contribution in [0.2, 0.25) is 5.02 Å². The minimum atomic E-state index is 0.340. The monoisotopic (exact) mass is 246 g/mol. The summed E-state index contributed by atoms with van der Waals surface area (Å²) in [5.74, 6) is 0. The molecule has 2 aromatic heterocycles. The van der Waals surface area contributed by atoms with Gasteiger partial charge in [-0.2, -0.15) is 5.10 Å².